The summed E-state index contributed by atoms with van der Waals surface area (Å²) in [4.78, 5) is 12.3. The molecule has 132 valence electrons. The molecule has 0 radical (unpaired) electrons. The van der Waals surface area contributed by atoms with Crippen molar-refractivity contribution in [1.82, 2.24) is 14.8 Å². The first kappa shape index (κ1) is 16.2. The Morgan fingerprint density at radius 3 is 2.80 bits per heavy atom. The maximum absolute atomic E-state index is 14.2. The van der Waals surface area contributed by atoms with Crippen LogP contribution in [0.3, 0.4) is 0 Å². The van der Waals surface area contributed by atoms with Crippen molar-refractivity contribution >= 4 is 11.6 Å². The maximum Gasteiger partial charge on any atom is 0.227 e. The fourth-order valence-corrected chi connectivity index (χ4v) is 3.88. The van der Waals surface area contributed by atoms with Crippen LogP contribution < -0.4 is 5.32 Å². The number of carbonyl (C=O) groups excluding carboxylic acids is 1. The highest BCUT2D eigenvalue weighted by Crippen LogP contribution is 2.29. The van der Waals surface area contributed by atoms with Crippen LogP contribution >= 0.6 is 0 Å². The van der Waals surface area contributed by atoms with E-state index >= 15 is 0 Å². The lowest BCUT2D eigenvalue weighted by Crippen LogP contribution is -2.21. The normalized spacial score (nSPS) is 18.0. The Bertz CT molecular complexity index is 780. The van der Waals surface area contributed by atoms with Crippen LogP contribution in [0.5, 0.6) is 0 Å². The van der Waals surface area contributed by atoms with Crippen LogP contribution in [0, 0.1) is 11.7 Å². The molecule has 0 unspecified atom stereocenters. The smallest absolute Gasteiger partial charge is 0.227 e. The average molecular weight is 342 g/mol. The first-order chi connectivity index (χ1) is 12.2. The second-order valence-electron chi connectivity index (χ2n) is 7.07. The van der Waals surface area contributed by atoms with Crippen LogP contribution in [0.2, 0.25) is 0 Å². The topological polar surface area (TPSA) is 59.8 Å². The third-order valence-corrected chi connectivity index (χ3v) is 5.32. The number of nitrogens with zero attached hydrogens (tertiary/aromatic N) is 3. The van der Waals surface area contributed by atoms with E-state index in [1.807, 2.05) is 0 Å². The Morgan fingerprint density at radius 1 is 1.12 bits per heavy atom. The first-order valence-electron chi connectivity index (χ1n) is 9.25. The van der Waals surface area contributed by atoms with Crippen LogP contribution in [0.25, 0.3) is 11.4 Å². The molecule has 1 aliphatic carbocycles. The monoisotopic (exact) mass is 342 g/mol. The van der Waals surface area contributed by atoms with Crippen molar-refractivity contribution in [1.29, 1.82) is 0 Å². The Balaban J connectivity index is 1.61. The highest BCUT2D eigenvalue weighted by atomic mass is 19.1. The first-order valence-corrected chi connectivity index (χ1v) is 9.25. The minimum Gasteiger partial charge on any atom is -0.323 e. The molecule has 2 aliphatic rings. The lowest BCUT2D eigenvalue weighted by atomic mass is 10.1. The Morgan fingerprint density at radius 2 is 1.96 bits per heavy atom. The molecule has 0 spiro atoms. The number of rotatable bonds is 3. The number of hydrogen-bond donors (Lipinski definition) is 1. The molecule has 1 fully saturated rings. The van der Waals surface area contributed by atoms with E-state index in [9.17, 15) is 9.18 Å². The summed E-state index contributed by atoms with van der Waals surface area (Å²) in [5, 5.41) is 11.4. The van der Waals surface area contributed by atoms with Crippen LogP contribution in [0.4, 0.5) is 10.1 Å². The number of aromatic nitrogens is 3. The summed E-state index contributed by atoms with van der Waals surface area (Å²) in [5.74, 6) is 1.27. The SMILES string of the molecule is O=C(Nc1cc(-c2nnc3n2CCCCC3)ccc1F)C1CCCC1. The molecule has 0 bridgehead atoms. The number of fused-ring (bicyclic) bond motifs is 1. The largest absolute Gasteiger partial charge is 0.323 e. The number of anilines is 1. The fourth-order valence-electron chi connectivity index (χ4n) is 3.88. The zero-order chi connectivity index (χ0) is 17.2. The summed E-state index contributed by atoms with van der Waals surface area (Å²) in [6, 6.07) is 4.80. The van der Waals surface area contributed by atoms with Crippen molar-refractivity contribution in [2.24, 2.45) is 5.92 Å². The Kier molecular flexibility index (Phi) is 4.51. The average Bonchev–Trinajstić information content (AvgIpc) is 3.23. The van der Waals surface area contributed by atoms with Gasteiger partial charge in [-0.2, -0.15) is 0 Å². The van der Waals surface area contributed by atoms with Gasteiger partial charge in [-0.1, -0.05) is 19.3 Å². The van der Waals surface area contributed by atoms with Crippen LogP contribution in [0.15, 0.2) is 18.2 Å². The van der Waals surface area contributed by atoms with Gasteiger partial charge in [-0.3, -0.25) is 4.79 Å². The van der Waals surface area contributed by atoms with Gasteiger partial charge in [0.25, 0.3) is 0 Å². The molecule has 2 aromatic rings. The van der Waals surface area contributed by atoms with Gasteiger partial charge in [0.05, 0.1) is 5.69 Å². The highest BCUT2D eigenvalue weighted by Gasteiger charge is 2.24. The summed E-state index contributed by atoms with van der Waals surface area (Å²) in [7, 11) is 0. The van der Waals surface area contributed by atoms with E-state index in [0.717, 1.165) is 68.7 Å². The molecule has 5 nitrogen and oxygen atoms in total. The summed E-state index contributed by atoms with van der Waals surface area (Å²) in [5.41, 5.74) is 1.03. The Hall–Kier alpha value is -2.24. The molecular formula is C19H23FN4O. The van der Waals surface area contributed by atoms with Gasteiger partial charge in [-0.15, -0.1) is 10.2 Å². The number of aryl methyl sites for hydroxylation is 1. The van der Waals surface area contributed by atoms with E-state index in [2.05, 4.69) is 20.1 Å². The van der Waals surface area contributed by atoms with E-state index in [1.165, 1.54) is 12.5 Å². The van der Waals surface area contributed by atoms with Gasteiger partial charge in [-0.25, -0.2) is 4.39 Å². The minimum atomic E-state index is -0.411. The number of hydrogen-bond acceptors (Lipinski definition) is 3. The standard InChI is InChI=1S/C19H23FN4O/c20-15-10-9-14(12-16(15)21-19(25)13-6-3-4-7-13)18-23-22-17-8-2-1-5-11-24(17)18/h9-10,12-13H,1-8,11H2,(H,21,25). The zero-order valence-electron chi connectivity index (χ0n) is 14.3. The van der Waals surface area contributed by atoms with Crippen molar-refractivity contribution in [2.45, 2.75) is 57.9 Å². The molecular weight excluding hydrogens is 319 g/mol. The van der Waals surface area contributed by atoms with E-state index < -0.39 is 5.82 Å². The predicted octanol–water partition coefficient (Wildman–Crippen LogP) is 3.94. The summed E-state index contributed by atoms with van der Waals surface area (Å²) >= 11 is 0. The molecule has 1 aromatic carbocycles. The molecule has 4 rings (SSSR count). The lowest BCUT2D eigenvalue weighted by molar-refractivity contribution is -0.119. The van der Waals surface area contributed by atoms with Gasteiger partial charge in [0.1, 0.15) is 11.6 Å². The molecule has 0 saturated heterocycles. The van der Waals surface area contributed by atoms with Gasteiger partial charge < -0.3 is 9.88 Å². The minimum absolute atomic E-state index is 0.00687. The van der Waals surface area contributed by atoms with Crippen LogP contribution in [-0.4, -0.2) is 20.7 Å². The second kappa shape index (κ2) is 6.94. The molecule has 1 aliphatic heterocycles. The van der Waals surface area contributed by atoms with Gasteiger partial charge in [-0.05, 0) is 43.9 Å². The van der Waals surface area contributed by atoms with E-state index in [-0.39, 0.29) is 17.5 Å². The molecule has 1 saturated carbocycles. The molecule has 1 aromatic heterocycles. The molecule has 1 amide bonds. The quantitative estimate of drug-likeness (QED) is 0.919. The van der Waals surface area contributed by atoms with E-state index in [4.69, 9.17) is 0 Å². The lowest BCUT2D eigenvalue weighted by Gasteiger charge is -2.13. The summed E-state index contributed by atoms with van der Waals surface area (Å²) in [6.45, 7) is 0.888. The second-order valence-corrected chi connectivity index (χ2v) is 7.07. The van der Waals surface area contributed by atoms with E-state index in [1.54, 1.807) is 12.1 Å². The maximum atomic E-state index is 14.2. The van der Waals surface area contributed by atoms with Gasteiger partial charge in [0.15, 0.2) is 5.82 Å². The summed E-state index contributed by atoms with van der Waals surface area (Å²) < 4.78 is 16.3. The molecule has 25 heavy (non-hydrogen) atoms. The number of nitrogens with one attached hydrogen (secondary N) is 1. The molecule has 0 atom stereocenters. The van der Waals surface area contributed by atoms with Crippen molar-refractivity contribution in [3.63, 3.8) is 0 Å². The number of amides is 1. The van der Waals surface area contributed by atoms with Gasteiger partial charge >= 0.3 is 0 Å². The van der Waals surface area contributed by atoms with Crippen molar-refractivity contribution < 1.29 is 9.18 Å². The van der Waals surface area contributed by atoms with Gasteiger partial charge in [0.2, 0.25) is 5.91 Å². The third kappa shape index (κ3) is 3.30. The van der Waals surface area contributed by atoms with Crippen molar-refractivity contribution in [2.75, 3.05) is 5.32 Å². The van der Waals surface area contributed by atoms with Crippen LogP contribution in [0.1, 0.15) is 50.8 Å². The van der Waals surface area contributed by atoms with E-state index in [0.29, 0.717) is 0 Å². The van der Waals surface area contributed by atoms with Crippen molar-refractivity contribution in [3.8, 4) is 11.4 Å². The Labute approximate surface area is 146 Å². The number of halogens is 1. The third-order valence-electron chi connectivity index (χ3n) is 5.32. The summed E-state index contributed by atoms with van der Waals surface area (Å²) in [6.07, 6.45) is 8.29. The number of carbonyl (C=O) groups is 1. The van der Waals surface area contributed by atoms with Crippen LogP contribution in [-0.2, 0) is 17.8 Å². The predicted molar refractivity (Wildman–Crippen MR) is 93.6 cm³/mol. The highest BCUT2D eigenvalue weighted by molar-refractivity contribution is 5.93. The fraction of sp³-hybridized carbons (Fsp3) is 0.526. The van der Waals surface area contributed by atoms with Gasteiger partial charge in [0, 0.05) is 24.4 Å². The molecule has 1 N–H and O–H groups in total. The zero-order valence-corrected chi connectivity index (χ0v) is 14.3. The number of benzene rings is 1. The van der Waals surface area contributed by atoms with Crippen molar-refractivity contribution in [3.05, 3.63) is 29.8 Å². The molecule has 6 heteroatoms. The molecule has 2 heterocycles.